The highest BCUT2D eigenvalue weighted by Crippen LogP contribution is 2.37. The number of hydrogen-bond acceptors (Lipinski definition) is 4. The molecule has 4 rings (SSSR count). The standard InChI is InChI=1S/C28H25NO4/c1-4-33-24-14-11-20(12-15-24)16-23-18-26(21-8-6-5-7-9-21)29(27(23)30)25-17-22(28(31)32-3)13-10-19(25)2/h5-18H,4H2,1-3H3/b23-16+. The van der Waals surface area contributed by atoms with Gasteiger partial charge < -0.3 is 9.47 Å². The van der Waals surface area contributed by atoms with Crippen LogP contribution in [0.1, 0.15) is 34.0 Å². The Morgan fingerprint density at radius 1 is 1.00 bits per heavy atom. The minimum absolute atomic E-state index is 0.159. The molecule has 0 saturated carbocycles. The van der Waals surface area contributed by atoms with Crippen LogP contribution in [-0.4, -0.2) is 25.6 Å². The number of rotatable bonds is 6. The molecule has 0 radical (unpaired) electrons. The molecule has 3 aromatic carbocycles. The van der Waals surface area contributed by atoms with Gasteiger partial charge in [0.25, 0.3) is 5.91 Å². The lowest BCUT2D eigenvalue weighted by molar-refractivity contribution is -0.113. The molecule has 1 aliphatic rings. The normalized spacial score (nSPS) is 14.4. The Balaban J connectivity index is 1.80. The zero-order valence-corrected chi connectivity index (χ0v) is 18.9. The van der Waals surface area contributed by atoms with E-state index in [1.54, 1.807) is 17.0 Å². The van der Waals surface area contributed by atoms with E-state index in [1.807, 2.05) is 86.7 Å². The number of carbonyl (C=O) groups excluding carboxylic acids is 2. The van der Waals surface area contributed by atoms with Crippen molar-refractivity contribution < 1.29 is 19.1 Å². The molecule has 5 heteroatoms. The van der Waals surface area contributed by atoms with E-state index < -0.39 is 5.97 Å². The van der Waals surface area contributed by atoms with Gasteiger partial charge in [-0.1, -0.05) is 48.5 Å². The quantitative estimate of drug-likeness (QED) is 0.368. The Kier molecular flexibility index (Phi) is 6.41. The van der Waals surface area contributed by atoms with Crippen molar-refractivity contribution in [2.75, 3.05) is 18.6 Å². The van der Waals surface area contributed by atoms with E-state index in [1.165, 1.54) is 7.11 Å². The maximum absolute atomic E-state index is 13.6. The van der Waals surface area contributed by atoms with Crippen LogP contribution in [0.25, 0.3) is 11.8 Å². The number of methoxy groups -OCH3 is 1. The van der Waals surface area contributed by atoms with Crippen molar-refractivity contribution in [3.05, 3.63) is 107 Å². The van der Waals surface area contributed by atoms with Gasteiger partial charge in [0.1, 0.15) is 5.75 Å². The summed E-state index contributed by atoms with van der Waals surface area (Å²) in [5.74, 6) is 0.181. The van der Waals surface area contributed by atoms with Gasteiger partial charge in [0.15, 0.2) is 0 Å². The van der Waals surface area contributed by atoms with Crippen molar-refractivity contribution in [3.63, 3.8) is 0 Å². The van der Waals surface area contributed by atoms with Crippen LogP contribution in [0, 0.1) is 6.92 Å². The smallest absolute Gasteiger partial charge is 0.337 e. The summed E-state index contributed by atoms with van der Waals surface area (Å²) >= 11 is 0. The van der Waals surface area contributed by atoms with Crippen LogP contribution >= 0.6 is 0 Å². The average Bonchev–Trinajstić information content (AvgIpc) is 3.16. The van der Waals surface area contributed by atoms with Gasteiger partial charge >= 0.3 is 5.97 Å². The first kappa shape index (κ1) is 22.1. The molecule has 1 amide bonds. The third kappa shape index (κ3) is 4.58. The molecule has 1 aliphatic heterocycles. The fourth-order valence-corrected chi connectivity index (χ4v) is 3.78. The maximum atomic E-state index is 13.6. The monoisotopic (exact) mass is 439 g/mol. The minimum Gasteiger partial charge on any atom is -0.494 e. The summed E-state index contributed by atoms with van der Waals surface area (Å²) in [4.78, 5) is 27.4. The second-order valence-electron chi connectivity index (χ2n) is 7.63. The van der Waals surface area contributed by atoms with Crippen LogP contribution in [-0.2, 0) is 9.53 Å². The first-order chi connectivity index (χ1) is 16.0. The fourth-order valence-electron chi connectivity index (χ4n) is 3.78. The van der Waals surface area contributed by atoms with Gasteiger partial charge in [0, 0.05) is 5.57 Å². The van der Waals surface area contributed by atoms with Crippen LogP contribution < -0.4 is 9.64 Å². The van der Waals surface area contributed by atoms with E-state index in [9.17, 15) is 9.59 Å². The van der Waals surface area contributed by atoms with Gasteiger partial charge in [-0.15, -0.1) is 0 Å². The summed E-state index contributed by atoms with van der Waals surface area (Å²) in [6, 6.07) is 22.6. The molecule has 0 bridgehead atoms. The predicted molar refractivity (Wildman–Crippen MR) is 130 cm³/mol. The number of carbonyl (C=O) groups is 2. The highest BCUT2D eigenvalue weighted by Gasteiger charge is 2.31. The molecule has 166 valence electrons. The first-order valence-electron chi connectivity index (χ1n) is 10.8. The number of anilines is 1. The molecule has 33 heavy (non-hydrogen) atoms. The molecule has 1 heterocycles. The fraction of sp³-hybridized carbons (Fsp3) is 0.143. The van der Waals surface area contributed by atoms with Crippen molar-refractivity contribution >= 4 is 29.3 Å². The summed E-state index contributed by atoms with van der Waals surface area (Å²) in [5.41, 5.74) is 5.02. The van der Waals surface area contributed by atoms with Crippen LogP contribution in [0.4, 0.5) is 5.69 Å². The zero-order valence-electron chi connectivity index (χ0n) is 18.9. The SMILES string of the molecule is CCOc1ccc(/C=C2\C=C(c3ccccc3)N(c3cc(C(=O)OC)ccc3C)C2=O)cc1. The Labute approximate surface area is 193 Å². The molecular formula is C28H25NO4. The number of nitrogens with zero attached hydrogens (tertiary/aromatic N) is 1. The van der Waals surface area contributed by atoms with Gasteiger partial charge in [-0.25, -0.2) is 4.79 Å². The molecular weight excluding hydrogens is 414 g/mol. The molecule has 0 fully saturated rings. The molecule has 3 aromatic rings. The molecule has 0 saturated heterocycles. The Bertz CT molecular complexity index is 1240. The number of ether oxygens (including phenoxy) is 2. The summed E-state index contributed by atoms with van der Waals surface area (Å²) in [7, 11) is 1.34. The second-order valence-corrected chi connectivity index (χ2v) is 7.63. The molecule has 0 N–H and O–H groups in total. The lowest BCUT2D eigenvalue weighted by Crippen LogP contribution is -2.26. The van der Waals surface area contributed by atoms with E-state index in [0.717, 1.165) is 28.1 Å². The first-order valence-corrected chi connectivity index (χ1v) is 10.8. The highest BCUT2D eigenvalue weighted by atomic mass is 16.5. The van der Waals surface area contributed by atoms with Crippen molar-refractivity contribution in [2.45, 2.75) is 13.8 Å². The molecule has 0 spiro atoms. The van der Waals surface area contributed by atoms with Crippen LogP contribution in [0.15, 0.2) is 84.4 Å². The lowest BCUT2D eigenvalue weighted by Gasteiger charge is -2.23. The number of aryl methyl sites for hydroxylation is 1. The van der Waals surface area contributed by atoms with E-state index in [0.29, 0.717) is 23.4 Å². The molecule has 0 aliphatic carbocycles. The van der Waals surface area contributed by atoms with Crippen LogP contribution in [0.2, 0.25) is 0 Å². The van der Waals surface area contributed by atoms with E-state index >= 15 is 0 Å². The molecule has 0 atom stereocenters. The number of esters is 1. The van der Waals surface area contributed by atoms with Crippen molar-refractivity contribution in [1.29, 1.82) is 0 Å². The molecule has 0 unspecified atom stereocenters. The Hall–Kier alpha value is -4.12. The number of hydrogen-bond donors (Lipinski definition) is 0. The second kappa shape index (κ2) is 9.57. The summed E-state index contributed by atoms with van der Waals surface area (Å²) in [5, 5.41) is 0. The minimum atomic E-state index is -0.446. The van der Waals surface area contributed by atoms with E-state index in [4.69, 9.17) is 9.47 Å². The van der Waals surface area contributed by atoms with E-state index in [-0.39, 0.29) is 5.91 Å². The highest BCUT2D eigenvalue weighted by molar-refractivity contribution is 6.23. The largest absolute Gasteiger partial charge is 0.494 e. The number of amides is 1. The van der Waals surface area contributed by atoms with Gasteiger partial charge in [-0.2, -0.15) is 0 Å². The number of benzene rings is 3. The van der Waals surface area contributed by atoms with Gasteiger partial charge in [-0.05, 0) is 67.0 Å². The lowest BCUT2D eigenvalue weighted by atomic mass is 10.1. The van der Waals surface area contributed by atoms with Gasteiger partial charge in [0.05, 0.1) is 30.7 Å². The van der Waals surface area contributed by atoms with Crippen LogP contribution in [0.3, 0.4) is 0 Å². The zero-order chi connectivity index (χ0) is 23.4. The predicted octanol–water partition coefficient (Wildman–Crippen LogP) is 5.65. The van der Waals surface area contributed by atoms with Gasteiger partial charge in [-0.3, -0.25) is 9.69 Å². The Morgan fingerprint density at radius 3 is 2.39 bits per heavy atom. The Morgan fingerprint density at radius 2 is 1.73 bits per heavy atom. The summed E-state index contributed by atoms with van der Waals surface area (Å²) < 4.78 is 10.4. The maximum Gasteiger partial charge on any atom is 0.337 e. The van der Waals surface area contributed by atoms with Crippen molar-refractivity contribution in [3.8, 4) is 5.75 Å². The third-order valence-electron chi connectivity index (χ3n) is 5.44. The summed E-state index contributed by atoms with van der Waals surface area (Å²) in [6.45, 7) is 4.45. The topological polar surface area (TPSA) is 55.8 Å². The third-order valence-corrected chi connectivity index (χ3v) is 5.44. The molecule has 0 aromatic heterocycles. The van der Waals surface area contributed by atoms with Crippen molar-refractivity contribution in [2.24, 2.45) is 0 Å². The average molecular weight is 440 g/mol. The van der Waals surface area contributed by atoms with Crippen molar-refractivity contribution in [1.82, 2.24) is 0 Å². The van der Waals surface area contributed by atoms with Crippen LogP contribution in [0.5, 0.6) is 5.75 Å². The molecule has 5 nitrogen and oxygen atoms in total. The van der Waals surface area contributed by atoms with Gasteiger partial charge in [0.2, 0.25) is 0 Å². The summed E-state index contributed by atoms with van der Waals surface area (Å²) in [6.07, 6.45) is 3.75. The van der Waals surface area contributed by atoms with E-state index in [2.05, 4.69) is 0 Å².